The summed E-state index contributed by atoms with van der Waals surface area (Å²) < 4.78 is 3.80. The minimum atomic E-state index is 0.678. The van der Waals surface area contributed by atoms with Crippen LogP contribution in [-0.4, -0.2) is 9.59 Å². The maximum atomic E-state index is 5.91. The van der Waals surface area contributed by atoms with Crippen LogP contribution < -0.4 is 5.32 Å². The van der Waals surface area contributed by atoms with E-state index in [9.17, 15) is 0 Å². The molecule has 1 N–H and O–H groups in total. The van der Waals surface area contributed by atoms with E-state index < -0.39 is 0 Å². The van der Waals surface area contributed by atoms with E-state index in [4.69, 9.17) is 11.6 Å². The summed E-state index contributed by atoms with van der Waals surface area (Å²) in [6.07, 6.45) is 0. The van der Waals surface area contributed by atoms with Gasteiger partial charge in [-0.15, -0.1) is 5.10 Å². The number of benzene rings is 1. The van der Waals surface area contributed by atoms with Crippen LogP contribution in [0, 0.1) is 6.92 Å². The highest BCUT2D eigenvalue weighted by atomic mass is 35.5. The Morgan fingerprint density at radius 2 is 2.33 bits per heavy atom. The number of anilines is 1. The van der Waals surface area contributed by atoms with Crippen LogP contribution in [0.15, 0.2) is 23.6 Å². The Balaban J connectivity index is 2.07. The van der Waals surface area contributed by atoms with Gasteiger partial charge in [0.2, 0.25) is 0 Å². The summed E-state index contributed by atoms with van der Waals surface area (Å²) in [6, 6.07) is 5.78. The van der Waals surface area contributed by atoms with Crippen LogP contribution >= 0.6 is 23.1 Å². The van der Waals surface area contributed by atoms with Gasteiger partial charge < -0.3 is 5.32 Å². The molecule has 0 saturated carbocycles. The maximum absolute atomic E-state index is 5.91. The standard InChI is InChI=1S/C10H10ClN3S/c1-7-2-3-8(11)4-10(7)12-5-9-6-15-14-13-9/h2-4,6,12H,5H2,1H3. The van der Waals surface area contributed by atoms with Crippen LogP contribution in [-0.2, 0) is 6.54 Å². The molecule has 0 aliphatic heterocycles. The van der Waals surface area contributed by atoms with Crippen molar-refractivity contribution in [2.45, 2.75) is 13.5 Å². The van der Waals surface area contributed by atoms with Crippen molar-refractivity contribution in [1.82, 2.24) is 9.59 Å². The molecule has 0 atom stereocenters. The minimum absolute atomic E-state index is 0.678. The number of aromatic nitrogens is 2. The fourth-order valence-corrected chi connectivity index (χ4v) is 1.85. The first-order valence-corrected chi connectivity index (χ1v) is 5.73. The number of aryl methyl sites for hydroxylation is 1. The molecule has 0 fully saturated rings. The van der Waals surface area contributed by atoms with Crippen molar-refractivity contribution in [2.24, 2.45) is 0 Å². The number of hydrogen-bond acceptors (Lipinski definition) is 4. The molecular weight excluding hydrogens is 230 g/mol. The van der Waals surface area contributed by atoms with Gasteiger partial charge in [-0.25, -0.2) is 0 Å². The largest absolute Gasteiger partial charge is 0.379 e. The normalized spacial score (nSPS) is 10.3. The summed E-state index contributed by atoms with van der Waals surface area (Å²) in [5.41, 5.74) is 3.15. The molecule has 2 aromatic rings. The lowest BCUT2D eigenvalue weighted by atomic mass is 10.2. The summed E-state index contributed by atoms with van der Waals surface area (Å²) >= 11 is 7.27. The van der Waals surface area contributed by atoms with Gasteiger partial charge in [-0.2, -0.15) is 0 Å². The molecule has 2 rings (SSSR count). The Morgan fingerprint density at radius 1 is 1.47 bits per heavy atom. The van der Waals surface area contributed by atoms with Crippen molar-refractivity contribution in [2.75, 3.05) is 5.32 Å². The summed E-state index contributed by atoms with van der Waals surface area (Å²) in [4.78, 5) is 0. The summed E-state index contributed by atoms with van der Waals surface area (Å²) in [5, 5.41) is 9.89. The molecule has 3 nitrogen and oxygen atoms in total. The summed E-state index contributed by atoms with van der Waals surface area (Å²) in [5.74, 6) is 0. The zero-order valence-corrected chi connectivity index (χ0v) is 9.77. The molecule has 0 saturated heterocycles. The Hall–Kier alpha value is -1.13. The van der Waals surface area contributed by atoms with Gasteiger partial charge in [0.05, 0.1) is 12.2 Å². The van der Waals surface area contributed by atoms with Crippen LogP contribution in [0.5, 0.6) is 0 Å². The lowest BCUT2D eigenvalue weighted by Crippen LogP contribution is -2.01. The van der Waals surface area contributed by atoms with Gasteiger partial charge in [0, 0.05) is 16.1 Å². The van der Waals surface area contributed by atoms with Gasteiger partial charge in [0.15, 0.2) is 0 Å². The molecule has 15 heavy (non-hydrogen) atoms. The first-order chi connectivity index (χ1) is 7.25. The van der Waals surface area contributed by atoms with Gasteiger partial charge in [-0.1, -0.05) is 22.2 Å². The van der Waals surface area contributed by atoms with Gasteiger partial charge in [0.25, 0.3) is 0 Å². The van der Waals surface area contributed by atoms with E-state index in [1.54, 1.807) is 0 Å². The van der Waals surface area contributed by atoms with Crippen molar-refractivity contribution >= 4 is 28.8 Å². The van der Waals surface area contributed by atoms with Crippen LogP contribution in [0.1, 0.15) is 11.3 Å². The summed E-state index contributed by atoms with van der Waals surface area (Å²) in [6.45, 7) is 2.72. The first-order valence-electron chi connectivity index (χ1n) is 4.51. The van der Waals surface area contributed by atoms with Gasteiger partial charge in [-0.05, 0) is 36.2 Å². The van der Waals surface area contributed by atoms with E-state index in [-0.39, 0.29) is 0 Å². The molecule has 78 valence electrons. The zero-order chi connectivity index (χ0) is 10.7. The van der Waals surface area contributed by atoms with Crippen LogP contribution in [0.25, 0.3) is 0 Å². The predicted octanol–water partition coefficient (Wildman–Crippen LogP) is 3.11. The third-order valence-electron chi connectivity index (χ3n) is 2.06. The van der Waals surface area contributed by atoms with Gasteiger partial charge in [-0.3, -0.25) is 0 Å². The molecule has 1 aromatic carbocycles. The van der Waals surface area contributed by atoms with Gasteiger partial charge in [0.1, 0.15) is 0 Å². The van der Waals surface area contributed by atoms with Crippen molar-refractivity contribution in [3.05, 3.63) is 39.9 Å². The monoisotopic (exact) mass is 239 g/mol. The fraction of sp³-hybridized carbons (Fsp3) is 0.200. The Bertz CT molecular complexity index is 442. The number of nitrogens with one attached hydrogen (secondary N) is 1. The third kappa shape index (κ3) is 2.67. The second-order valence-corrected chi connectivity index (χ2v) is 4.26. The molecule has 1 aromatic heterocycles. The Morgan fingerprint density at radius 3 is 3.07 bits per heavy atom. The number of nitrogens with zero attached hydrogens (tertiary/aromatic N) is 2. The van der Waals surface area contributed by atoms with Crippen molar-refractivity contribution < 1.29 is 0 Å². The predicted molar refractivity (Wildman–Crippen MR) is 63.4 cm³/mol. The van der Waals surface area contributed by atoms with Crippen molar-refractivity contribution in [3.63, 3.8) is 0 Å². The maximum Gasteiger partial charge on any atom is 0.0946 e. The minimum Gasteiger partial charge on any atom is -0.379 e. The average Bonchev–Trinajstić information content (AvgIpc) is 2.72. The third-order valence-corrected chi connectivity index (χ3v) is 2.85. The molecule has 5 heteroatoms. The smallest absolute Gasteiger partial charge is 0.0946 e. The second kappa shape index (κ2) is 4.59. The molecule has 0 amide bonds. The number of rotatable bonds is 3. The SMILES string of the molecule is Cc1ccc(Cl)cc1NCc1csnn1. The van der Waals surface area contributed by atoms with Crippen molar-refractivity contribution in [3.8, 4) is 0 Å². The van der Waals surface area contributed by atoms with E-state index in [1.165, 1.54) is 17.1 Å². The van der Waals surface area contributed by atoms with E-state index in [0.29, 0.717) is 6.54 Å². The van der Waals surface area contributed by atoms with Crippen LogP contribution in [0.4, 0.5) is 5.69 Å². The van der Waals surface area contributed by atoms with Crippen LogP contribution in [0.2, 0.25) is 5.02 Å². The zero-order valence-electron chi connectivity index (χ0n) is 8.20. The van der Waals surface area contributed by atoms with Crippen LogP contribution in [0.3, 0.4) is 0 Å². The first kappa shape index (κ1) is 10.4. The van der Waals surface area contributed by atoms with Gasteiger partial charge >= 0.3 is 0 Å². The topological polar surface area (TPSA) is 37.8 Å². The van der Waals surface area contributed by atoms with E-state index in [2.05, 4.69) is 14.9 Å². The average molecular weight is 240 g/mol. The lowest BCUT2D eigenvalue weighted by Gasteiger charge is -2.07. The lowest BCUT2D eigenvalue weighted by molar-refractivity contribution is 0.997. The molecule has 0 aliphatic carbocycles. The number of halogens is 1. The molecule has 0 bridgehead atoms. The number of hydrogen-bond donors (Lipinski definition) is 1. The molecule has 0 radical (unpaired) electrons. The highest BCUT2D eigenvalue weighted by Gasteiger charge is 2.00. The molecule has 0 spiro atoms. The molecule has 1 heterocycles. The van der Waals surface area contributed by atoms with Crippen molar-refractivity contribution in [1.29, 1.82) is 0 Å². The summed E-state index contributed by atoms with van der Waals surface area (Å²) in [7, 11) is 0. The van der Waals surface area contributed by atoms with E-state index in [1.807, 2.05) is 30.5 Å². The highest BCUT2D eigenvalue weighted by Crippen LogP contribution is 2.20. The Labute approximate surface area is 97.3 Å². The van der Waals surface area contributed by atoms with E-state index in [0.717, 1.165) is 16.4 Å². The second-order valence-electron chi connectivity index (χ2n) is 3.21. The highest BCUT2D eigenvalue weighted by molar-refractivity contribution is 7.03. The van der Waals surface area contributed by atoms with E-state index >= 15 is 0 Å². The quantitative estimate of drug-likeness (QED) is 0.895. The molecule has 0 unspecified atom stereocenters. The molecular formula is C10H10ClN3S. The fourth-order valence-electron chi connectivity index (χ4n) is 1.23. The Kier molecular flexibility index (Phi) is 3.18. The molecule has 0 aliphatic rings.